The van der Waals surface area contributed by atoms with E-state index >= 15 is 0 Å². The van der Waals surface area contributed by atoms with Crippen LogP contribution in [0.15, 0.2) is 18.2 Å². The predicted molar refractivity (Wildman–Crippen MR) is 60.6 cm³/mol. The van der Waals surface area contributed by atoms with Crippen molar-refractivity contribution in [1.29, 1.82) is 0 Å². The molecule has 0 radical (unpaired) electrons. The van der Waals surface area contributed by atoms with Crippen molar-refractivity contribution in [2.24, 2.45) is 0 Å². The largest absolute Gasteiger partial charge is 0.353 e. The van der Waals surface area contributed by atoms with Crippen LogP contribution in [0.2, 0.25) is 0 Å². The summed E-state index contributed by atoms with van der Waals surface area (Å²) in [5.41, 5.74) is 1.50. The molecule has 1 atom stereocenters. The first kappa shape index (κ1) is 11.1. The van der Waals surface area contributed by atoms with Gasteiger partial charge < -0.3 is 9.47 Å². The standard InChI is InChI=1S/C13H15NO2/c1-2-11-6-5-7-12(14-11)10-16-13-8-3-4-9-15-13/h1,5-7,13H,3-4,8-10H2/t13-/m1/s1. The second kappa shape index (κ2) is 5.64. The Morgan fingerprint density at radius 1 is 1.50 bits per heavy atom. The molecule has 2 rings (SSSR count). The summed E-state index contributed by atoms with van der Waals surface area (Å²) in [7, 11) is 0. The van der Waals surface area contributed by atoms with Crippen molar-refractivity contribution >= 4 is 0 Å². The number of ether oxygens (including phenoxy) is 2. The first-order chi connectivity index (χ1) is 7.88. The average molecular weight is 217 g/mol. The van der Waals surface area contributed by atoms with Gasteiger partial charge in [-0.3, -0.25) is 0 Å². The maximum atomic E-state index is 5.62. The number of aromatic nitrogens is 1. The van der Waals surface area contributed by atoms with Gasteiger partial charge in [-0.1, -0.05) is 12.0 Å². The molecule has 0 N–H and O–H groups in total. The Bertz CT molecular complexity index is 378. The lowest BCUT2D eigenvalue weighted by atomic mass is 10.2. The third-order valence-corrected chi connectivity index (χ3v) is 2.51. The average Bonchev–Trinajstić information content (AvgIpc) is 2.38. The van der Waals surface area contributed by atoms with Crippen LogP contribution in [0.3, 0.4) is 0 Å². The van der Waals surface area contributed by atoms with Crippen LogP contribution in [0.1, 0.15) is 30.7 Å². The van der Waals surface area contributed by atoms with Crippen LogP contribution >= 0.6 is 0 Å². The van der Waals surface area contributed by atoms with Gasteiger partial charge in [0.25, 0.3) is 0 Å². The number of terminal acetylenes is 1. The van der Waals surface area contributed by atoms with Crippen molar-refractivity contribution in [2.45, 2.75) is 32.2 Å². The van der Waals surface area contributed by atoms with Crippen molar-refractivity contribution < 1.29 is 9.47 Å². The van der Waals surface area contributed by atoms with Crippen LogP contribution in [0, 0.1) is 12.3 Å². The summed E-state index contributed by atoms with van der Waals surface area (Å²) in [6.07, 6.45) is 8.47. The van der Waals surface area contributed by atoms with E-state index in [0.717, 1.165) is 25.1 Å². The molecule has 1 saturated heterocycles. The van der Waals surface area contributed by atoms with Gasteiger partial charge in [-0.15, -0.1) is 6.42 Å². The van der Waals surface area contributed by atoms with E-state index in [2.05, 4.69) is 10.9 Å². The van der Waals surface area contributed by atoms with E-state index in [1.165, 1.54) is 6.42 Å². The quantitative estimate of drug-likeness (QED) is 0.727. The van der Waals surface area contributed by atoms with Crippen LogP contribution in [-0.2, 0) is 16.1 Å². The van der Waals surface area contributed by atoms with Crippen LogP contribution in [0.5, 0.6) is 0 Å². The molecule has 1 aromatic heterocycles. The van der Waals surface area contributed by atoms with E-state index < -0.39 is 0 Å². The van der Waals surface area contributed by atoms with Gasteiger partial charge in [0.05, 0.1) is 12.3 Å². The van der Waals surface area contributed by atoms with E-state index in [9.17, 15) is 0 Å². The Kier molecular flexibility index (Phi) is 3.92. The molecule has 1 aliphatic rings. The summed E-state index contributed by atoms with van der Waals surface area (Å²) in [6.45, 7) is 1.25. The minimum atomic E-state index is -0.0787. The molecule has 0 aromatic carbocycles. The molecule has 0 aliphatic carbocycles. The smallest absolute Gasteiger partial charge is 0.158 e. The normalized spacial score (nSPS) is 20.3. The molecule has 0 saturated carbocycles. The second-order valence-corrected chi connectivity index (χ2v) is 3.77. The van der Waals surface area contributed by atoms with E-state index in [4.69, 9.17) is 15.9 Å². The van der Waals surface area contributed by atoms with Crippen LogP contribution < -0.4 is 0 Å². The predicted octanol–water partition coefficient (Wildman–Crippen LogP) is 2.11. The summed E-state index contributed by atoms with van der Waals surface area (Å²) < 4.78 is 11.1. The molecule has 1 aromatic rings. The highest BCUT2D eigenvalue weighted by molar-refractivity contribution is 5.25. The third kappa shape index (κ3) is 3.06. The maximum absolute atomic E-state index is 5.62. The monoisotopic (exact) mass is 217 g/mol. The molecule has 84 valence electrons. The first-order valence-corrected chi connectivity index (χ1v) is 5.54. The van der Waals surface area contributed by atoms with Gasteiger partial charge >= 0.3 is 0 Å². The Morgan fingerprint density at radius 2 is 2.44 bits per heavy atom. The van der Waals surface area contributed by atoms with E-state index in [1.54, 1.807) is 6.07 Å². The Labute approximate surface area is 95.8 Å². The summed E-state index contributed by atoms with van der Waals surface area (Å²) >= 11 is 0. The van der Waals surface area contributed by atoms with Gasteiger partial charge in [-0.25, -0.2) is 4.98 Å². The van der Waals surface area contributed by atoms with E-state index in [1.807, 2.05) is 12.1 Å². The molecule has 0 unspecified atom stereocenters. The molecular weight excluding hydrogens is 202 g/mol. The zero-order valence-electron chi connectivity index (χ0n) is 9.19. The molecular formula is C13H15NO2. The summed E-state index contributed by atoms with van der Waals surface area (Å²) in [4.78, 5) is 4.26. The number of pyridine rings is 1. The van der Waals surface area contributed by atoms with Gasteiger partial charge in [0, 0.05) is 6.61 Å². The topological polar surface area (TPSA) is 31.4 Å². The zero-order valence-corrected chi connectivity index (χ0v) is 9.19. The van der Waals surface area contributed by atoms with Crippen LogP contribution in [0.4, 0.5) is 0 Å². The van der Waals surface area contributed by atoms with E-state index in [-0.39, 0.29) is 6.29 Å². The number of nitrogens with zero attached hydrogens (tertiary/aromatic N) is 1. The third-order valence-electron chi connectivity index (χ3n) is 2.51. The minimum absolute atomic E-state index is 0.0787. The lowest BCUT2D eigenvalue weighted by Crippen LogP contribution is -2.22. The lowest BCUT2D eigenvalue weighted by molar-refractivity contribution is -0.169. The molecule has 0 bridgehead atoms. The van der Waals surface area contributed by atoms with E-state index in [0.29, 0.717) is 12.3 Å². The molecule has 16 heavy (non-hydrogen) atoms. The van der Waals surface area contributed by atoms with Gasteiger partial charge in [0.1, 0.15) is 5.69 Å². The van der Waals surface area contributed by atoms with Crippen molar-refractivity contribution in [3.05, 3.63) is 29.6 Å². The zero-order chi connectivity index (χ0) is 11.2. The maximum Gasteiger partial charge on any atom is 0.158 e. The fraction of sp³-hybridized carbons (Fsp3) is 0.462. The summed E-state index contributed by atoms with van der Waals surface area (Å²) in [5, 5.41) is 0. The second-order valence-electron chi connectivity index (χ2n) is 3.77. The lowest BCUT2D eigenvalue weighted by Gasteiger charge is -2.22. The minimum Gasteiger partial charge on any atom is -0.353 e. The van der Waals surface area contributed by atoms with Crippen molar-refractivity contribution in [3.63, 3.8) is 0 Å². The number of hydrogen-bond donors (Lipinski definition) is 0. The molecule has 0 spiro atoms. The number of hydrogen-bond acceptors (Lipinski definition) is 3. The molecule has 1 aliphatic heterocycles. The molecule has 0 amide bonds. The Balaban J connectivity index is 1.86. The highest BCUT2D eigenvalue weighted by Crippen LogP contribution is 2.15. The fourth-order valence-electron chi connectivity index (χ4n) is 1.66. The van der Waals surface area contributed by atoms with Gasteiger partial charge in [-0.05, 0) is 31.4 Å². The molecule has 1 fully saturated rings. The highest BCUT2D eigenvalue weighted by atomic mass is 16.7. The Morgan fingerprint density at radius 3 is 3.19 bits per heavy atom. The van der Waals surface area contributed by atoms with Gasteiger partial charge in [-0.2, -0.15) is 0 Å². The number of rotatable bonds is 3. The fourth-order valence-corrected chi connectivity index (χ4v) is 1.66. The first-order valence-electron chi connectivity index (χ1n) is 5.54. The summed E-state index contributed by atoms with van der Waals surface area (Å²) in [5.74, 6) is 2.51. The van der Waals surface area contributed by atoms with Crippen molar-refractivity contribution in [1.82, 2.24) is 4.98 Å². The SMILES string of the molecule is C#Cc1cccc(CO[C@@H]2CCCCO2)n1. The highest BCUT2D eigenvalue weighted by Gasteiger charge is 2.14. The molecule has 3 nitrogen and oxygen atoms in total. The van der Waals surface area contributed by atoms with Crippen molar-refractivity contribution in [2.75, 3.05) is 6.61 Å². The molecule has 2 heterocycles. The Hall–Kier alpha value is -1.37. The van der Waals surface area contributed by atoms with Crippen LogP contribution in [0.25, 0.3) is 0 Å². The van der Waals surface area contributed by atoms with Crippen molar-refractivity contribution in [3.8, 4) is 12.3 Å². The van der Waals surface area contributed by atoms with Gasteiger partial charge in [0.15, 0.2) is 6.29 Å². The van der Waals surface area contributed by atoms with Gasteiger partial charge in [0.2, 0.25) is 0 Å². The van der Waals surface area contributed by atoms with Crippen LogP contribution in [-0.4, -0.2) is 17.9 Å². The molecule has 3 heteroatoms. The summed E-state index contributed by atoms with van der Waals surface area (Å²) in [6, 6.07) is 5.60.